The molecule has 2 rings (SSSR count). The number of allylic oxidation sites excluding steroid dienone is 1. The fraction of sp³-hybridized carbons (Fsp3) is 0.529. The Morgan fingerprint density at radius 2 is 1.00 bits per heavy atom. The number of hydrogen-bond acceptors (Lipinski definition) is 2. The Kier molecular flexibility index (Phi) is 16.9. The van der Waals surface area contributed by atoms with Crippen molar-refractivity contribution in [1.29, 1.82) is 0 Å². The first-order valence-corrected chi connectivity index (χ1v) is 14.5. The predicted molar refractivity (Wildman–Crippen MR) is 156 cm³/mol. The van der Waals surface area contributed by atoms with Crippen molar-refractivity contribution in [3.05, 3.63) is 65.7 Å². The van der Waals surface area contributed by atoms with Gasteiger partial charge in [-0.1, -0.05) is 115 Å². The molecule has 2 nitrogen and oxygen atoms in total. The molecule has 0 aliphatic carbocycles. The standard InChI is InChI=1S/C34H48O2/c1-3-5-7-9-10-11-12-13-14-18-30-36-34-27-23-32(24-28-34)20-16-15-19-31-21-25-33(26-22-31)35-29-17-8-6-4-2/h16,20-28H,3-14,17-18,29-30H2,1-2H3/b20-16+. The molecule has 2 heteroatoms. The van der Waals surface area contributed by atoms with Gasteiger partial charge in [0.05, 0.1) is 13.2 Å². The SMILES string of the molecule is CCCCCCCCCCCCOc1ccc(/C=C/C#Cc2ccc(OCCCCCC)cc2)cc1. The van der Waals surface area contributed by atoms with Crippen molar-refractivity contribution in [3.63, 3.8) is 0 Å². The quantitative estimate of drug-likeness (QED) is 0.145. The van der Waals surface area contributed by atoms with E-state index in [-0.39, 0.29) is 0 Å². The van der Waals surface area contributed by atoms with Crippen LogP contribution < -0.4 is 9.47 Å². The Hall–Kier alpha value is -2.66. The summed E-state index contributed by atoms with van der Waals surface area (Å²) in [4.78, 5) is 0. The molecule has 0 atom stereocenters. The van der Waals surface area contributed by atoms with E-state index in [1.165, 1.54) is 77.0 Å². The molecule has 0 aliphatic heterocycles. The van der Waals surface area contributed by atoms with Crippen LogP contribution in [0.1, 0.15) is 115 Å². The summed E-state index contributed by atoms with van der Waals surface area (Å²) in [6, 6.07) is 16.3. The third-order valence-corrected chi connectivity index (χ3v) is 6.34. The van der Waals surface area contributed by atoms with E-state index in [0.717, 1.165) is 48.7 Å². The fourth-order valence-corrected chi connectivity index (χ4v) is 4.07. The summed E-state index contributed by atoms with van der Waals surface area (Å²) in [5.74, 6) is 8.17. The van der Waals surface area contributed by atoms with Gasteiger partial charge < -0.3 is 9.47 Å². The van der Waals surface area contributed by atoms with Crippen LogP contribution in [0.25, 0.3) is 6.08 Å². The second-order valence-electron chi connectivity index (χ2n) is 9.64. The summed E-state index contributed by atoms with van der Waals surface area (Å²) in [5, 5.41) is 0. The fourth-order valence-electron chi connectivity index (χ4n) is 4.07. The van der Waals surface area contributed by atoms with Gasteiger partial charge in [-0.15, -0.1) is 0 Å². The zero-order chi connectivity index (χ0) is 25.5. The predicted octanol–water partition coefficient (Wildman–Crippen LogP) is 10.0. The maximum Gasteiger partial charge on any atom is 0.119 e. The summed E-state index contributed by atoms with van der Waals surface area (Å²) in [6.45, 7) is 6.09. The van der Waals surface area contributed by atoms with Crippen LogP contribution in [-0.2, 0) is 0 Å². The van der Waals surface area contributed by atoms with Crippen LogP contribution >= 0.6 is 0 Å². The van der Waals surface area contributed by atoms with Crippen molar-refractivity contribution in [2.24, 2.45) is 0 Å². The van der Waals surface area contributed by atoms with E-state index in [0.29, 0.717) is 0 Å². The van der Waals surface area contributed by atoms with Gasteiger partial charge in [0.15, 0.2) is 0 Å². The zero-order valence-electron chi connectivity index (χ0n) is 22.9. The second-order valence-corrected chi connectivity index (χ2v) is 9.64. The molecule has 0 bridgehead atoms. The molecule has 0 saturated carbocycles. The molecule has 0 saturated heterocycles. The minimum Gasteiger partial charge on any atom is -0.494 e. The van der Waals surface area contributed by atoms with Crippen molar-refractivity contribution in [1.82, 2.24) is 0 Å². The first kappa shape index (κ1) is 29.6. The normalized spacial score (nSPS) is 10.8. The molecular weight excluding hydrogens is 440 g/mol. The summed E-state index contributed by atoms with van der Waals surface area (Å²) in [7, 11) is 0. The van der Waals surface area contributed by atoms with Gasteiger partial charge in [-0.2, -0.15) is 0 Å². The van der Waals surface area contributed by atoms with E-state index in [9.17, 15) is 0 Å². The number of benzene rings is 2. The average Bonchev–Trinajstić information content (AvgIpc) is 2.91. The molecule has 36 heavy (non-hydrogen) atoms. The highest BCUT2D eigenvalue weighted by molar-refractivity contribution is 5.54. The van der Waals surface area contributed by atoms with Gasteiger partial charge in [-0.3, -0.25) is 0 Å². The molecule has 0 aromatic heterocycles. The Morgan fingerprint density at radius 3 is 1.53 bits per heavy atom. The van der Waals surface area contributed by atoms with Crippen molar-refractivity contribution >= 4 is 6.08 Å². The van der Waals surface area contributed by atoms with E-state index >= 15 is 0 Å². The average molecular weight is 489 g/mol. The lowest BCUT2D eigenvalue weighted by atomic mass is 10.1. The van der Waals surface area contributed by atoms with E-state index < -0.39 is 0 Å². The second kappa shape index (κ2) is 20.5. The van der Waals surface area contributed by atoms with Crippen LogP contribution in [0, 0.1) is 11.8 Å². The van der Waals surface area contributed by atoms with Crippen LogP contribution in [0.3, 0.4) is 0 Å². The molecule has 0 aliphatic rings. The van der Waals surface area contributed by atoms with Gasteiger partial charge >= 0.3 is 0 Å². The first-order chi connectivity index (χ1) is 17.8. The largest absolute Gasteiger partial charge is 0.494 e. The summed E-state index contributed by atoms with van der Waals surface area (Å²) in [6.07, 6.45) is 22.3. The molecule has 0 radical (unpaired) electrons. The van der Waals surface area contributed by atoms with Crippen molar-refractivity contribution in [3.8, 4) is 23.3 Å². The van der Waals surface area contributed by atoms with Gasteiger partial charge in [-0.25, -0.2) is 0 Å². The summed E-state index contributed by atoms with van der Waals surface area (Å²) >= 11 is 0. The van der Waals surface area contributed by atoms with Gasteiger partial charge in [0, 0.05) is 5.56 Å². The summed E-state index contributed by atoms with van der Waals surface area (Å²) in [5.41, 5.74) is 2.12. The first-order valence-electron chi connectivity index (χ1n) is 14.5. The molecule has 2 aromatic carbocycles. The van der Waals surface area contributed by atoms with E-state index in [2.05, 4.69) is 37.8 Å². The molecule has 196 valence electrons. The number of unbranched alkanes of at least 4 members (excludes halogenated alkanes) is 12. The topological polar surface area (TPSA) is 18.5 Å². The monoisotopic (exact) mass is 488 g/mol. The smallest absolute Gasteiger partial charge is 0.119 e. The molecule has 0 unspecified atom stereocenters. The molecule has 0 fully saturated rings. The minimum absolute atomic E-state index is 0.789. The Bertz CT molecular complexity index is 868. The summed E-state index contributed by atoms with van der Waals surface area (Å²) < 4.78 is 11.7. The van der Waals surface area contributed by atoms with Crippen LogP contribution in [-0.4, -0.2) is 13.2 Å². The third-order valence-electron chi connectivity index (χ3n) is 6.34. The molecule has 0 N–H and O–H groups in total. The van der Waals surface area contributed by atoms with Gasteiger partial charge in [0.1, 0.15) is 11.5 Å². The highest BCUT2D eigenvalue weighted by atomic mass is 16.5. The molecule has 0 spiro atoms. The number of rotatable bonds is 19. The van der Waals surface area contributed by atoms with Crippen molar-refractivity contribution in [2.75, 3.05) is 13.2 Å². The Labute approximate surface area is 221 Å². The van der Waals surface area contributed by atoms with E-state index in [4.69, 9.17) is 9.47 Å². The van der Waals surface area contributed by atoms with Crippen LogP contribution in [0.2, 0.25) is 0 Å². The lowest BCUT2D eigenvalue weighted by molar-refractivity contribution is 0.304. The zero-order valence-corrected chi connectivity index (χ0v) is 22.9. The van der Waals surface area contributed by atoms with Crippen molar-refractivity contribution in [2.45, 2.75) is 104 Å². The van der Waals surface area contributed by atoms with Gasteiger partial charge in [0.2, 0.25) is 0 Å². The molecule has 2 aromatic rings. The lowest BCUT2D eigenvalue weighted by Gasteiger charge is -2.06. The molecule has 0 heterocycles. The van der Waals surface area contributed by atoms with Crippen LogP contribution in [0.15, 0.2) is 54.6 Å². The lowest BCUT2D eigenvalue weighted by Crippen LogP contribution is -1.97. The van der Waals surface area contributed by atoms with Crippen LogP contribution in [0.5, 0.6) is 11.5 Å². The maximum absolute atomic E-state index is 5.91. The number of ether oxygens (including phenoxy) is 2. The minimum atomic E-state index is 0.789. The highest BCUT2D eigenvalue weighted by Gasteiger charge is 1.96. The Balaban J connectivity index is 1.57. The highest BCUT2D eigenvalue weighted by Crippen LogP contribution is 2.15. The van der Waals surface area contributed by atoms with Gasteiger partial charge in [0.25, 0.3) is 0 Å². The van der Waals surface area contributed by atoms with E-state index in [1.807, 2.05) is 48.6 Å². The van der Waals surface area contributed by atoms with Crippen molar-refractivity contribution < 1.29 is 9.47 Å². The maximum atomic E-state index is 5.91. The molecule has 0 amide bonds. The number of hydrogen-bond donors (Lipinski definition) is 0. The Morgan fingerprint density at radius 1 is 0.556 bits per heavy atom. The third kappa shape index (κ3) is 14.7. The van der Waals surface area contributed by atoms with Gasteiger partial charge in [-0.05, 0) is 67.0 Å². The van der Waals surface area contributed by atoms with E-state index in [1.54, 1.807) is 0 Å². The van der Waals surface area contributed by atoms with Crippen LogP contribution in [0.4, 0.5) is 0 Å². The molecular formula is C34H48O2.